The largest absolute Gasteiger partial charge is 0.473 e. The highest BCUT2D eigenvalue weighted by Crippen LogP contribution is 2.21. The van der Waals surface area contributed by atoms with Crippen molar-refractivity contribution in [1.82, 2.24) is 25.5 Å². The Balaban J connectivity index is 1.89. The van der Waals surface area contributed by atoms with Crippen LogP contribution >= 0.6 is 0 Å². The molecule has 3 heterocycles. The smallest absolute Gasteiger partial charge is 0.340 e. The number of aryl methyl sites for hydroxylation is 1. The van der Waals surface area contributed by atoms with Crippen LogP contribution in [0.3, 0.4) is 0 Å². The molecule has 2 aromatic rings. The van der Waals surface area contributed by atoms with Gasteiger partial charge < -0.3 is 10.1 Å². The number of pyridine rings is 1. The molecule has 0 amide bonds. The van der Waals surface area contributed by atoms with Crippen LogP contribution in [0.1, 0.15) is 12.0 Å². The molecule has 1 atom stereocenters. The Hall–Kier alpha value is -2.15. The highest BCUT2D eigenvalue weighted by Gasteiger charge is 2.18. The zero-order chi connectivity index (χ0) is 13.2. The number of ether oxygens (including phenoxy) is 1. The Morgan fingerprint density at radius 3 is 3.00 bits per heavy atom. The second kappa shape index (κ2) is 4.85. The van der Waals surface area contributed by atoms with Gasteiger partial charge in [0.15, 0.2) is 5.82 Å². The van der Waals surface area contributed by atoms with E-state index < -0.39 is 0 Å². The summed E-state index contributed by atoms with van der Waals surface area (Å²) in [6.45, 7) is 3.75. The molecule has 3 N–H and O–H groups in total. The average molecular weight is 261 g/mol. The fourth-order valence-corrected chi connectivity index (χ4v) is 2.04. The minimum absolute atomic E-state index is 0.152. The lowest BCUT2D eigenvalue weighted by Crippen LogP contribution is -2.20. The van der Waals surface area contributed by atoms with Crippen molar-refractivity contribution in [3.63, 3.8) is 0 Å². The summed E-state index contributed by atoms with van der Waals surface area (Å²) in [6, 6.07) is 3.72. The summed E-state index contributed by atoms with van der Waals surface area (Å²) in [7, 11) is 0. The van der Waals surface area contributed by atoms with Gasteiger partial charge in [0.05, 0.1) is 0 Å². The third-order valence-electron chi connectivity index (χ3n) is 3.09. The van der Waals surface area contributed by atoms with Crippen LogP contribution in [0.5, 0.6) is 5.88 Å². The quantitative estimate of drug-likeness (QED) is 0.734. The molecule has 3 rings (SSSR count). The first-order chi connectivity index (χ1) is 9.22. The highest BCUT2D eigenvalue weighted by atomic mass is 16.5. The van der Waals surface area contributed by atoms with Crippen molar-refractivity contribution in [2.45, 2.75) is 19.4 Å². The molecule has 19 heavy (non-hydrogen) atoms. The van der Waals surface area contributed by atoms with Crippen molar-refractivity contribution in [3.8, 4) is 17.4 Å². The van der Waals surface area contributed by atoms with E-state index in [4.69, 9.17) is 4.74 Å². The van der Waals surface area contributed by atoms with Crippen LogP contribution in [0.4, 0.5) is 0 Å². The van der Waals surface area contributed by atoms with Crippen molar-refractivity contribution in [1.29, 1.82) is 0 Å². The fraction of sp³-hybridized carbons (Fsp3) is 0.417. The number of hydrogen-bond acceptors (Lipinski definition) is 5. The fourth-order valence-electron chi connectivity index (χ4n) is 2.04. The molecule has 2 aromatic heterocycles. The van der Waals surface area contributed by atoms with Crippen LogP contribution in [-0.2, 0) is 0 Å². The maximum absolute atomic E-state index is 11.1. The van der Waals surface area contributed by atoms with Gasteiger partial charge in [0.25, 0.3) is 0 Å². The Kier molecular flexibility index (Phi) is 3.04. The normalized spacial score (nSPS) is 18.7. The zero-order valence-corrected chi connectivity index (χ0v) is 10.6. The van der Waals surface area contributed by atoms with Gasteiger partial charge in [0.1, 0.15) is 11.8 Å². The number of hydrogen-bond donors (Lipinski definition) is 3. The molecule has 1 aliphatic rings. The predicted molar refractivity (Wildman–Crippen MR) is 69.1 cm³/mol. The predicted octanol–water partition coefficient (Wildman–Crippen LogP) is 0.209. The Labute approximate surface area is 109 Å². The van der Waals surface area contributed by atoms with E-state index in [2.05, 4.69) is 25.5 Å². The van der Waals surface area contributed by atoms with Gasteiger partial charge in [-0.1, -0.05) is 6.07 Å². The van der Waals surface area contributed by atoms with Crippen molar-refractivity contribution >= 4 is 0 Å². The molecule has 0 radical (unpaired) electrons. The van der Waals surface area contributed by atoms with Gasteiger partial charge in [-0.05, 0) is 26.0 Å². The first-order valence-corrected chi connectivity index (χ1v) is 6.22. The molecule has 7 nitrogen and oxygen atoms in total. The van der Waals surface area contributed by atoms with Gasteiger partial charge >= 0.3 is 5.69 Å². The number of rotatable bonds is 3. The lowest BCUT2D eigenvalue weighted by Gasteiger charge is -2.13. The van der Waals surface area contributed by atoms with Crippen LogP contribution in [0.2, 0.25) is 0 Å². The van der Waals surface area contributed by atoms with E-state index in [0.29, 0.717) is 17.4 Å². The molecule has 1 unspecified atom stereocenters. The lowest BCUT2D eigenvalue weighted by molar-refractivity contribution is 0.212. The number of nitrogens with zero attached hydrogens (tertiary/aromatic N) is 2. The van der Waals surface area contributed by atoms with E-state index in [-0.39, 0.29) is 11.8 Å². The van der Waals surface area contributed by atoms with E-state index in [1.54, 1.807) is 6.07 Å². The molecule has 0 bridgehead atoms. The van der Waals surface area contributed by atoms with Gasteiger partial charge in [-0.3, -0.25) is 4.98 Å². The summed E-state index contributed by atoms with van der Waals surface area (Å²) in [5.74, 6) is 1.01. The Morgan fingerprint density at radius 2 is 2.32 bits per heavy atom. The van der Waals surface area contributed by atoms with Crippen LogP contribution in [0.25, 0.3) is 11.5 Å². The summed E-state index contributed by atoms with van der Waals surface area (Å²) in [4.78, 5) is 18.0. The van der Waals surface area contributed by atoms with Crippen LogP contribution in [-0.4, -0.2) is 39.4 Å². The van der Waals surface area contributed by atoms with Gasteiger partial charge in [0.2, 0.25) is 5.88 Å². The van der Waals surface area contributed by atoms with Gasteiger partial charge in [0, 0.05) is 12.1 Å². The van der Waals surface area contributed by atoms with Crippen molar-refractivity contribution < 1.29 is 4.74 Å². The number of aromatic nitrogens is 4. The zero-order valence-electron chi connectivity index (χ0n) is 10.6. The molecule has 100 valence electrons. The summed E-state index contributed by atoms with van der Waals surface area (Å²) >= 11 is 0. The van der Waals surface area contributed by atoms with Crippen molar-refractivity contribution in [3.05, 3.63) is 28.2 Å². The molecule has 1 saturated heterocycles. The summed E-state index contributed by atoms with van der Waals surface area (Å²) in [6.07, 6.45) is 1.13. The van der Waals surface area contributed by atoms with E-state index in [1.165, 1.54) is 0 Å². The van der Waals surface area contributed by atoms with Crippen LogP contribution < -0.4 is 15.7 Å². The number of H-pyrrole nitrogens is 2. The van der Waals surface area contributed by atoms with Gasteiger partial charge in [-0.2, -0.15) is 5.10 Å². The van der Waals surface area contributed by atoms with Crippen LogP contribution in [0.15, 0.2) is 16.9 Å². The molecule has 1 fully saturated rings. The minimum atomic E-state index is -0.347. The standard InChI is InChI=1S/C12H15N5O2/c1-7-2-3-9(10-15-12(18)17-16-10)14-11(7)19-8-4-5-13-6-8/h2-3,8,13H,4-6H2,1H3,(H2,15,16,17,18). The molecular weight excluding hydrogens is 246 g/mol. The van der Waals surface area contributed by atoms with Crippen LogP contribution in [0, 0.1) is 6.92 Å². The average Bonchev–Trinajstić information content (AvgIpc) is 3.03. The molecule has 7 heteroatoms. The monoisotopic (exact) mass is 261 g/mol. The Morgan fingerprint density at radius 1 is 1.42 bits per heavy atom. The first kappa shape index (κ1) is 11.9. The number of nitrogens with one attached hydrogen (secondary N) is 3. The van der Waals surface area contributed by atoms with E-state index in [1.807, 2.05) is 13.0 Å². The minimum Gasteiger partial charge on any atom is -0.473 e. The summed E-state index contributed by atoms with van der Waals surface area (Å²) in [5.41, 5.74) is 1.21. The third-order valence-corrected chi connectivity index (χ3v) is 3.09. The van der Waals surface area contributed by atoms with E-state index in [9.17, 15) is 4.79 Å². The van der Waals surface area contributed by atoms with Gasteiger partial charge in [-0.15, -0.1) is 0 Å². The maximum Gasteiger partial charge on any atom is 0.340 e. The Bertz CT molecular complexity index is 627. The number of aromatic amines is 2. The SMILES string of the molecule is Cc1ccc(-c2n[nH]c(=O)[nH]2)nc1OC1CCNC1. The summed E-state index contributed by atoms with van der Waals surface area (Å²) in [5, 5.41) is 9.43. The van der Waals surface area contributed by atoms with Crippen molar-refractivity contribution in [2.24, 2.45) is 0 Å². The molecule has 0 saturated carbocycles. The molecule has 0 aromatic carbocycles. The lowest BCUT2D eigenvalue weighted by atomic mass is 10.2. The second-order valence-corrected chi connectivity index (χ2v) is 4.58. The molecular formula is C12H15N5O2. The van der Waals surface area contributed by atoms with E-state index >= 15 is 0 Å². The van der Waals surface area contributed by atoms with Gasteiger partial charge in [-0.25, -0.2) is 14.9 Å². The highest BCUT2D eigenvalue weighted by molar-refractivity contribution is 5.50. The molecule has 1 aliphatic heterocycles. The third kappa shape index (κ3) is 2.50. The van der Waals surface area contributed by atoms with E-state index in [0.717, 1.165) is 25.1 Å². The first-order valence-electron chi connectivity index (χ1n) is 6.22. The second-order valence-electron chi connectivity index (χ2n) is 4.58. The summed E-state index contributed by atoms with van der Waals surface area (Å²) < 4.78 is 5.87. The molecule has 0 aliphatic carbocycles. The topological polar surface area (TPSA) is 95.7 Å². The maximum atomic E-state index is 11.1. The molecule has 0 spiro atoms. The van der Waals surface area contributed by atoms with Crippen molar-refractivity contribution in [2.75, 3.05) is 13.1 Å².